The quantitative estimate of drug-likeness (QED) is 0.780. The van der Waals surface area contributed by atoms with Gasteiger partial charge in [-0.2, -0.15) is 4.98 Å². The number of pyridine rings is 1. The Balaban J connectivity index is 0.00000100. The maximum atomic E-state index is 11.4. The van der Waals surface area contributed by atoms with Crippen molar-refractivity contribution in [2.24, 2.45) is 0 Å². The van der Waals surface area contributed by atoms with Crippen LogP contribution in [0.4, 0.5) is 5.82 Å². The van der Waals surface area contributed by atoms with E-state index in [-0.39, 0.29) is 5.91 Å². The van der Waals surface area contributed by atoms with Gasteiger partial charge in [0.05, 0.1) is 6.61 Å². The van der Waals surface area contributed by atoms with E-state index in [1.807, 2.05) is 26.0 Å². The summed E-state index contributed by atoms with van der Waals surface area (Å²) in [5, 5.41) is 6.16. The van der Waals surface area contributed by atoms with E-state index in [9.17, 15) is 4.79 Å². The average Bonchev–Trinajstić information content (AvgIpc) is 2.63. The summed E-state index contributed by atoms with van der Waals surface area (Å²) in [6, 6.07) is 3.89. The fourth-order valence-electron chi connectivity index (χ4n) is 2.85. The van der Waals surface area contributed by atoms with E-state index in [0.717, 1.165) is 57.5 Å². The number of aryl methyl sites for hydroxylation is 1. The number of ether oxygens (including phenoxy) is 1. The second-order valence-electron chi connectivity index (χ2n) is 5.85. The first kappa shape index (κ1) is 18.7. The zero-order valence-electron chi connectivity index (χ0n) is 14.9. The van der Waals surface area contributed by atoms with E-state index < -0.39 is 0 Å². The van der Waals surface area contributed by atoms with Gasteiger partial charge in [0.1, 0.15) is 5.82 Å². The Morgan fingerprint density at radius 2 is 1.96 bits per heavy atom. The van der Waals surface area contributed by atoms with Gasteiger partial charge < -0.3 is 20.3 Å². The predicted molar refractivity (Wildman–Crippen MR) is 96.6 cm³/mol. The molecule has 0 spiro atoms. The molecule has 134 valence electrons. The van der Waals surface area contributed by atoms with Crippen molar-refractivity contribution in [2.75, 3.05) is 44.6 Å². The number of fused-ring (bicyclic) bond motifs is 1. The maximum absolute atomic E-state index is 11.4. The Bertz CT molecular complexity index is 516. The van der Waals surface area contributed by atoms with Gasteiger partial charge in [-0.1, -0.05) is 13.8 Å². The van der Waals surface area contributed by atoms with Crippen molar-refractivity contribution in [1.82, 2.24) is 15.2 Å². The lowest BCUT2D eigenvalue weighted by Gasteiger charge is -2.26. The van der Waals surface area contributed by atoms with Crippen LogP contribution in [0.1, 0.15) is 38.7 Å². The molecule has 2 aliphatic rings. The van der Waals surface area contributed by atoms with Crippen molar-refractivity contribution in [3.8, 4) is 5.88 Å². The molecular formula is C18H30N4O2. The number of aromatic nitrogens is 1. The second-order valence-corrected chi connectivity index (χ2v) is 5.85. The molecule has 0 aliphatic carbocycles. The van der Waals surface area contributed by atoms with Crippen LogP contribution in [-0.2, 0) is 11.2 Å². The van der Waals surface area contributed by atoms with Gasteiger partial charge in [0.2, 0.25) is 11.8 Å². The van der Waals surface area contributed by atoms with E-state index >= 15 is 0 Å². The normalized spacial score (nSPS) is 17.3. The molecule has 6 heteroatoms. The number of carbonyl (C=O) groups excluding carboxylic acids is 1. The van der Waals surface area contributed by atoms with Crippen LogP contribution in [0.25, 0.3) is 0 Å². The molecule has 0 saturated carbocycles. The summed E-state index contributed by atoms with van der Waals surface area (Å²) < 4.78 is 5.70. The molecule has 0 atom stereocenters. The third-order valence-corrected chi connectivity index (χ3v) is 4.16. The zero-order valence-corrected chi connectivity index (χ0v) is 14.9. The van der Waals surface area contributed by atoms with Crippen molar-refractivity contribution in [1.29, 1.82) is 0 Å². The Labute approximate surface area is 145 Å². The van der Waals surface area contributed by atoms with Gasteiger partial charge in [-0.05, 0) is 37.4 Å². The third kappa shape index (κ3) is 5.76. The number of hydrogen-bond donors (Lipinski definition) is 2. The molecule has 3 heterocycles. The zero-order chi connectivity index (χ0) is 17.2. The van der Waals surface area contributed by atoms with Crippen LogP contribution >= 0.6 is 0 Å². The molecular weight excluding hydrogens is 304 g/mol. The van der Waals surface area contributed by atoms with Gasteiger partial charge in [0.15, 0.2) is 0 Å². The van der Waals surface area contributed by atoms with Crippen LogP contribution in [0.3, 0.4) is 0 Å². The van der Waals surface area contributed by atoms with E-state index in [1.165, 1.54) is 0 Å². The van der Waals surface area contributed by atoms with E-state index in [0.29, 0.717) is 24.7 Å². The SMILES string of the molecule is CC.O=C1CCc2ccc(OCCCCN3CCNCC3)nc2N1. The fraction of sp³-hybridized carbons (Fsp3) is 0.667. The topological polar surface area (TPSA) is 66.5 Å². The van der Waals surface area contributed by atoms with Crippen LogP contribution < -0.4 is 15.4 Å². The van der Waals surface area contributed by atoms with Crippen LogP contribution in [-0.4, -0.2) is 55.1 Å². The number of carbonyl (C=O) groups is 1. The highest BCUT2D eigenvalue weighted by Gasteiger charge is 2.16. The fourth-order valence-corrected chi connectivity index (χ4v) is 2.85. The van der Waals surface area contributed by atoms with Gasteiger partial charge in [0.25, 0.3) is 0 Å². The molecule has 2 aliphatic heterocycles. The Morgan fingerprint density at radius 1 is 1.17 bits per heavy atom. The number of rotatable bonds is 6. The second kappa shape index (κ2) is 10.3. The average molecular weight is 334 g/mol. The maximum Gasteiger partial charge on any atom is 0.225 e. The lowest BCUT2D eigenvalue weighted by Crippen LogP contribution is -2.43. The first-order valence-electron chi connectivity index (χ1n) is 9.17. The molecule has 1 saturated heterocycles. The van der Waals surface area contributed by atoms with Crippen molar-refractivity contribution < 1.29 is 9.53 Å². The summed E-state index contributed by atoms with van der Waals surface area (Å²) in [5.41, 5.74) is 1.09. The van der Waals surface area contributed by atoms with Gasteiger partial charge >= 0.3 is 0 Å². The van der Waals surface area contributed by atoms with E-state index in [4.69, 9.17) is 4.74 Å². The van der Waals surface area contributed by atoms with Crippen LogP contribution in [0, 0.1) is 0 Å². The number of hydrogen-bond acceptors (Lipinski definition) is 5. The molecule has 1 fully saturated rings. The third-order valence-electron chi connectivity index (χ3n) is 4.16. The molecule has 0 unspecified atom stereocenters. The summed E-state index contributed by atoms with van der Waals surface area (Å²) in [7, 11) is 0. The number of anilines is 1. The molecule has 24 heavy (non-hydrogen) atoms. The number of amides is 1. The molecule has 1 amide bonds. The molecule has 3 rings (SSSR count). The van der Waals surface area contributed by atoms with Gasteiger partial charge in [0, 0.05) is 38.7 Å². The molecule has 1 aromatic rings. The molecule has 0 bridgehead atoms. The Kier molecular flexibility index (Phi) is 7.98. The highest BCUT2D eigenvalue weighted by atomic mass is 16.5. The summed E-state index contributed by atoms with van der Waals surface area (Å²) in [6.07, 6.45) is 3.47. The smallest absolute Gasteiger partial charge is 0.225 e. The number of nitrogens with zero attached hydrogens (tertiary/aromatic N) is 2. The highest BCUT2D eigenvalue weighted by molar-refractivity contribution is 5.92. The molecule has 2 N–H and O–H groups in total. The number of piperazine rings is 1. The Morgan fingerprint density at radius 3 is 2.75 bits per heavy atom. The molecule has 1 aromatic heterocycles. The molecule has 0 radical (unpaired) electrons. The predicted octanol–water partition coefficient (Wildman–Crippen LogP) is 2.06. The highest BCUT2D eigenvalue weighted by Crippen LogP contribution is 2.23. The summed E-state index contributed by atoms with van der Waals surface area (Å²) in [4.78, 5) is 18.3. The number of nitrogens with one attached hydrogen (secondary N) is 2. The minimum Gasteiger partial charge on any atom is -0.478 e. The first-order chi connectivity index (χ1) is 11.8. The van der Waals surface area contributed by atoms with Crippen molar-refractivity contribution >= 4 is 11.7 Å². The Hall–Kier alpha value is -1.66. The van der Waals surface area contributed by atoms with Crippen LogP contribution in [0.5, 0.6) is 5.88 Å². The monoisotopic (exact) mass is 334 g/mol. The first-order valence-corrected chi connectivity index (χ1v) is 9.17. The van der Waals surface area contributed by atoms with Gasteiger partial charge in [-0.15, -0.1) is 0 Å². The molecule has 6 nitrogen and oxygen atoms in total. The van der Waals surface area contributed by atoms with E-state index in [1.54, 1.807) is 0 Å². The van der Waals surface area contributed by atoms with Crippen LogP contribution in [0.2, 0.25) is 0 Å². The largest absolute Gasteiger partial charge is 0.478 e. The van der Waals surface area contributed by atoms with Crippen molar-refractivity contribution in [3.63, 3.8) is 0 Å². The summed E-state index contributed by atoms with van der Waals surface area (Å²) >= 11 is 0. The van der Waals surface area contributed by atoms with Crippen molar-refractivity contribution in [2.45, 2.75) is 39.5 Å². The van der Waals surface area contributed by atoms with Gasteiger partial charge in [-0.25, -0.2) is 0 Å². The number of unbranched alkanes of at least 4 members (excludes halogenated alkanes) is 1. The summed E-state index contributed by atoms with van der Waals surface area (Å²) in [5.74, 6) is 1.30. The molecule has 0 aromatic carbocycles. The minimum atomic E-state index is 0.0353. The standard InChI is InChI=1S/C16H24N4O2.C2H6/c21-14-5-3-13-4-6-15(19-16(13)18-14)22-12-2-1-9-20-10-7-17-8-11-20;1-2/h4,6,17H,1-3,5,7-12H2,(H,18,19,21);1-2H3. The lowest BCUT2D eigenvalue weighted by molar-refractivity contribution is -0.116. The van der Waals surface area contributed by atoms with E-state index in [2.05, 4.69) is 20.5 Å². The lowest BCUT2D eigenvalue weighted by atomic mass is 10.1. The summed E-state index contributed by atoms with van der Waals surface area (Å²) in [6.45, 7) is 10.3. The minimum absolute atomic E-state index is 0.0353. The van der Waals surface area contributed by atoms with Gasteiger partial charge in [-0.3, -0.25) is 4.79 Å². The van der Waals surface area contributed by atoms with Crippen molar-refractivity contribution in [3.05, 3.63) is 17.7 Å². The van der Waals surface area contributed by atoms with Crippen LogP contribution in [0.15, 0.2) is 12.1 Å².